The fraction of sp³-hybridized carbons (Fsp3) is 0.500. The van der Waals surface area contributed by atoms with Gasteiger partial charge in [0.25, 0.3) is 11.6 Å². The molecule has 2 rings (SSSR count). The Morgan fingerprint density at radius 2 is 2.29 bits per heavy atom. The number of rotatable bonds is 4. The Labute approximate surface area is 128 Å². The molecule has 1 amide bonds. The van der Waals surface area contributed by atoms with Crippen LogP contribution in [-0.4, -0.2) is 35.4 Å². The molecule has 0 aromatic heterocycles. The molecule has 1 saturated heterocycles. The van der Waals surface area contributed by atoms with E-state index in [2.05, 4.69) is 12.2 Å². The Kier molecular flexibility index (Phi) is 4.67. The summed E-state index contributed by atoms with van der Waals surface area (Å²) in [6, 6.07) is 2.80. The van der Waals surface area contributed by atoms with Crippen LogP contribution in [0.2, 0.25) is 5.02 Å². The van der Waals surface area contributed by atoms with Crippen LogP contribution in [0.5, 0.6) is 0 Å². The molecule has 1 fully saturated rings. The Morgan fingerprint density at radius 1 is 1.57 bits per heavy atom. The molecule has 0 radical (unpaired) electrons. The number of benzene rings is 1. The van der Waals surface area contributed by atoms with E-state index in [0.717, 1.165) is 6.42 Å². The third-order valence-electron chi connectivity index (χ3n) is 3.58. The van der Waals surface area contributed by atoms with Gasteiger partial charge in [-0.25, -0.2) is 0 Å². The fourth-order valence-corrected chi connectivity index (χ4v) is 2.79. The second-order valence-corrected chi connectivity index (χ2v) is 5.69. The molecule has 1 aromatic carbocycles. The molecule has 0 bridgehead atoms. The van der Waals surface area contributed by atoms with Gasteiger partial charge in [0.15, 0.2) is 0 Å². The molecule has 1 aliphatic rings. The Bertz CT molecular complexity index is 577. The SMILES string of the molecule is CCNc1c(Cl)cc(C(=O)N2CCC(C)C2)cc1[N+](=O)[O-]. The van der Waals surface area contributed by atoms with Crippen LogP contribution >= 0.6 is 11.6 Å². The van der Waals surface area contributed by atoms with Crippen molar-refractivity contribution >= 4 is 28.9 Å². The predicted molar refractivity (Wildman–Crippen MR) is 82.0 cm³/mol. The molecule has 1 aromatic rings. The number of anilines is 1. The van der Waals surface area contributed by atoms with Gasteiger partial charge in [0.1, 0.15) is 5.69 Å². The van der Waals surface area contributed by atoms with E-state index in [-0.39, 0.29) is 27.9 Å². The van der Waals surface area contributed by atoms with Crippen LogP contribution in [0.3, 0.4) is 0 Å². The minimum absolute atomic E-state index is 0.167. The summed E-state index contributed by atoms with van der Waals surface area (Å²) in [7, 11) is 0. The molecule has 114 valence electrons. The van der Waals surface area contributed by atoms with Crippen molar-refractivity contribution in [2.45, 2.75) is 20.3 Å². The summed E-state index contributed by atoms with van der Waals surface area (Å²) in [5, 5.41) is 14.2. The van der Waals surface area contributed by atoms with Crippen LogP contribution in [0.4, 0.5) is 11.4 Å². The summed E-state index contributed by atoms with van der Waals surface area (Å²) in [5.74, 6) is 0.257. The molecule has 6 nitrogen and oxygen atoms in total. The second kappa shape index (κ2) is 6.30. The summed E-state index contributed by atoms with van der Waals surface area (Å²) in [6.45, 7) is 5.78. The molecule has 0 saturated carbocycles. The summed E-state index contributed by atoms with van der Waals surface area (Å²) in [4.78, 5) is 24.8. The standard InChI is InChI=1S/C14H18ClN3O3/c1-3-16-13-11(15)6-10(7-12(13)18(20)21)14(19)17-5-4-9(2)8-17/h6-7,9,16H,3-5,8H2,1-2H3. The smallest absolute Gasteiger partial charge is 0.294 e. The molecule has 1 heterocycles. The van der Waals surface area contributed by atoms with Crippen molar-refractivity contribution < 1.29 is 9.72 Å². The molecule has 1 unspecified atom stereocenters. The third-order valence-corrected chi connectivity index (χ3v) is 3.88. The van der Waals surface area contributed by atoms with Crippen molar-refractivity contribution in [3.63, 3.8) is 0 Å². The first-order chi connectivity index (χ1) is 9.93. The number of hydrogen-bond acceptors (Lipinski definition) is 4. The van der Waals surface area contributed by atoms with Crippen molar-refractivity contribution in [2.75, 3.05) is 25.0 Å². The molecule has 0 spiro atoms. The number of nitrogens with one attached hydrogen (secondary N) is 1. The van der Waals surface area contributed by atoms with Gasteiger partial charge in [0.05, 0.1) is 9.95 Å². The number of amides is 1. The molecule has 21 heavy (non-hydrogen) atoms. The van der Waals surface area contributed by atoms with E-state index in [1.54, 1.807) is 4.90 Å². The van der Waals surface area contributed by atoms with Gasteiger partial charge < -0.3 is 10.2 Å². The van der Waals surface area contributed by atoms with Crippen molar-refractivity contribution in [1.29, 1.82) is 0 Å². The molecular formula is C14H18ClN3O3. The number of nitrogens with zero attached hydrogens (tertiary/aromatic N) is 2. The van der Waals surface area contributed by atoms with E-state index in [9.17, 15) is 14.9 Å². The van der Waals surface area contributed by atoms with Gasteiger partial charge in [-0.05, 0) is 25.3 Å². The highest BCUT2D eigenvalue weighted by Crippen LogP contribution is 2.34. The van der Waals surface area contributed by atoms with Crippen LogP contribution in [0.25, 0.3) is 0 Å². The van der Waals surface area contributed by atoms with Crippen LogP contribution in [0, 0.1) is 16.0 Å². The zero-order chi connectivity index (χ0) is 15.6. The van der Waals surface area contributed by atoms with Gasteiger partial charge >= 0.3 is 0 Å². The fourth-order valence-electron chi connectivity index (χ4n) is 2.51. The number of carbonyl (C=O) groups is 1. The van der Waals surface area contributed by atoms with Crippen molar-refractivity contribution in [3.8, 4) is 0 Å². The first-order valence-corrected chi connectivity index (χ1v) is 7.33. The van der Waals surface area contributed by atoms with Gasteiger partial charge in [-0.1, -0.05) is 18.5 Å². The first kappa shape index (κ1) is 15.6. The largest absolute Gasteiger partial charge is 0.379 e. The second-order valence-electron chi connectivity index (χ2n) is 5.28. The summed E-state index contributed by atoms with van der Waals surface area (Å²) < 4.78 is 0. The van der Waals surface area contributed by atoms with Crippen LogP contribution in [0.15, 0.2) is 12.1 Å². The Balaban J connectivity index is 2.37. The highest BCUT2D eigenvalue weighted by atomic mass is 35.5. The number of nitro groups is 1. The average molecular weight is 312 g/mol. The van der Waals surface area contributed by atoms with E-state index < -0.39 is 4.92 Å². The van der Waals surface area contributed by atoms with E-state index in [4.69, 9.17) is 11.6 Å². The molecular weight excluding hydrogens is 294 g/mol. The van der Waals surface area contributed by atoms with Crippen molar-refractivity contribution in [1.82, 2.24) is 4.90 Å². The van der Waals surface area contributed by atoms with E-state index in [0.29, 0.717) is 25.6 Å². The topological polar surface area (TPSA) is 75.5 Å². The van der Waals surface area contributed by atoms with Crippen LogP contribution < -0.4 is 5.32 Å². The normalized spacial score (nSPS) is 17.9. The quantitative estimate of drug-likeness (QED) is 0.684. The van der Waals surface area contributed by atoms with Crippen LogP contribution in [0.1, 0.15) is 30.6 Å². The van der Waals surface area contributed by atoms with E-state index >= 15 is 0 Å². The van der Waals surface area contributed by atoms with Crippen LogP contribution in [-0.2, 0) is 0 Å². The van der Waals surface area contributed by atoms with Gasteiger partial charge in [0.2, 0.25) is 0 Å². The zero-order valence-electron chi connectivity index (χ0n) is 12.1. The average Bonchev–Trinajstić information content (AvgIpc) is 2.86. The molecule has 1 aliphatic heterocycles. The van der Waals surface area contributed by atoms with Gasteiger partial charge in [0, 0.05) is 31.3 Å². The highest BCUT2D eigenvalue weighted by molar-refractivity contribution is 6.34. The van der Waals surface area contributed by atoms with Gasteiger partial charge in [-0.3, -0.25) is 14.9 Å². The highest BCUT2D eigenvalue weighted by Gasteiger charge is 2.27. The van der Waals surface area contributed by atoms with Crippen molar-refractivity contribution in [3.05, 3.63) is 32.8 Å². The lowest BCUT2D eigenvalue weighted by Gasteiger charge is -2.17. The van der Waals surface area contributed by atoms with Gasteiger partial charge in [-0.2, -0.15) is 0 Å². The van der Waals surface area contributed by atoms with Gasteiger partial charge in [-0.15, -0.1) is 0 Å². The minimum atomic E-state index is -0.521. The third kappa shape index (κ3) is 3.26. The summed E-state index contributed by atoms with van der Waals surface area (Å²) in [5.41, 5.74) is 0.359. The Hall–Kier alpha value is -1.82. The molecule has 1 N–H and O–H groups in total. The summed E-state index contributed by atoms with van der Waals surface area (Å²) >= 11 is 6.10. The molecule has 7 heteroatoms. The summed E-state index contributed by atoms with van der Waals surface area (Å²) in [6.07, 6.45) is 0.955. The number of likely N-dealkylation sites (tertiary alicyclic amines) is 1. The van der Waals surface area contributed by atoms with Crippen molar-refractivity contribution in [2.24, 2.45) is 5.92 Å². The van der Waals surface area contributed by atoms with E-state index in [1.165, 1.54) is 12.1 Å². The Morgan fingerprint density at radius 3 is 2.81 bits per heavy atom. The monoisotopic (exact) mass is 311 g/mol. The predicted octanol–water partition coefficient (Wildman–Crippen LogP) is 3.16. The van der Waals surface area contributed by atoms with E-state index in [1.807, 2.05) is 6.92 Å². The lowest BCUT2D eigenvalue weighted by molar-refractivity contribution is -0.384. The number of nitro benzene ring substituents is 1. The number of halogens is 1. The minimum Gasteiger partial charge on any atom is -0.379 e. The maximum Gasteiger partial charge on any atom is 0.294 e. The maximum absolute atomic E-state index is 12.4. The lowest BCUT2D eigenvalue weighted by atomic mass is 10.1. The first-order valence-electron chi connectivity index (χ1n) is 6.95. The number of carbonyl (C=O) groups excluding carboxylic acids is 1. The molecule has 0 aliphatic carbocycles. The maximum atomic E-state index is 12.4. The molecule has 1 atom stereocenters. The number of hydrogen-bond donors (Lipinski definition) is 1. The lowest BCUT2D eigenvalue weighted by Crippen LogP contribution is -2.28. The zero-order valence-corrected chi connectivity index (χ0v) is 12.8.